The summed E-state index contributed by atoms with van der Waals surface area (Å²) in [6.45, 7) is 1.98. The molecule has 3 rings (SSSR count). The molecule has 0 radical (unpaired) electrons. The SMILES string of the molecule is Cc1cc(N(CCc2ccc(C(F)(F)F)cc2)C(=O)[C@H](O)c2ccccc2)ccn1. The van der Waals surface area contributed by atoms with E-state index in [1.807, 2.05) is 0 Å². The smallest absolute Gasteiger partial charge is 0.378 e. The zero-order valence-electron chi connectivity index (χ0n) is 16.3. The average Bonchev–Trinajstić information content (AvgIpc) is 2.73. The van der Waals surface area contributed by atoms with E-state index in [4.69, 9.17) is 0 Å². The van der Waals surface area contributed by atoms with E-state index < -0.39 is 23.8 Å². The van der Waals surface area contributed by atoms with Crippen LogP contribution in [0.1, 0.15) is 28.5 Å². The maximum absolute atomic E-state index is 13.1. The van der Waals surface area contributed by atoms with Gasteiger partial charge >= 0.3 is 6.18 Å². The fraction of sp³-hybridized carbons (Fsp3) is 0.217. The molecule has 156 valence electrons. The highest BCUT2D eigenvalue weighted by Crippen LogP contribution is 2.29. The van der Waals surface area contributed by atoms with Gasteiger partial charge in [-0.05, 0) is 48.7 Å². The second-order valence-electron chi connectivity index (χ2n) is 6.90. The third kappa shape index (κ3) is 5.24. The number of carbonyl (C=O) groups excluding carboxylic acids is 1. The van der Waals surface area contributed by atoms with Crippen LogP contribution in [0.3, 0.4) is 0 Å². The Balaban J connectivity index is 1.82. The number of alkyl halides is 3. The molecule has 2 aromatic carbocycles. The van der Waals surface area contributed by atoms with Crippen LogP contribution in [0.15, 0.2) is 72.9 Å². The molecule has 1 heterocycles. The minimum atomic E-state index is -4.39. The highest BCUT2D eigenvalue weighted by Gasteiger charge is 2.30. The third-order valence-electron chi connectivity index (χ3n) is 4.71. The second-order valence-corrected chi connectivity index (χ2v) is 6.90. The van der Waals surface area contributed by atoms with Gasteiger partial charge in [0.05, 0.1) is 5.56 Å². The van der Waals surface area contributed by atoms with Crippen LogP contribution in [0, 0.1) is 6.92 Å². The van der Waals surface area contributed by atoms with Crippen molar-refractivity contribution in [2.24, 2.45) is 0 Å². The van der Waals surface area contributed by atoms with Gasteiger partial charge in [-0.1, -0.05) is 42.5 Å². The predicted octanol–water partition coefficient (Wildman–Crippen LogP) is 4.72. The van der Waals surface area contributed by atoms with E-state index >= 15 is 0 Å². The highest BCUT2D eigenvalue weighted by atomic mass is 19.4. The minimum Gasteiger partial charge on any atom is -0.378 e. The monoisotopic (exact) mass is 414 g/mol. The van der Waals surface area contributed by atoms with Crippen LogP contribution >= 0.6 is 0 Å². The molecule has 0 aliphatic heterocycles. The van der Waals surface area contributed by atoms with Crippen molar-refractivity contribution in [1.29, 1.82) is 0 Å². The first-order valence-corrected chi connectivity index (χ1v) is 9.39. The number of aliphatic hydroxyl groups excluding tert-OH is 1. The largest absolute Gasteiger partial charge is 0.416 e. The van der Waals surface area contributed by atoms with Crippen molar-refractivity contribution in [1.82, 2.24) is 4.98 Å². The topological polar surface area (TPSA) is 53.4 Å². The number of anilines is 1. The Morgan fingerprint density at radius 2 is 1.73 bits per heavy atom. The zero-order chi connectivity index (χ0) is 21.7. The number of nitrogens with zero attached hydrogens (tertiary/aromatic N) is 2. The molecule has 0 aliphatic carbocycles. The van der Waals surface area contributed by atoms with Gasteiger partial charge in [0, 0.05) is 24.1 Å². The van der Waals surface area contributed by atoms with Crippen LogP contribution in [-0.4, -0.2) is 22.5 Å². The van der Waals surface area contributed by atoms with Crippen molar-refractivity contribution < 1.29 is 23.1 Å². The van der Waals surface area contributed by atoms with Gasteiger partial charge in [-0.25, -0.2) is 0 Å². The van der Waals surface area contributed by atoms with Gasteiger partial charge in [0.25, 0.3) is 5.91 Å². The van der Waals surface area contributed by atoms with E-state index in [2.05, 4.69) is 4.98 Å². The molecule has 30 heavy (non-hydrogen) atoms. The van der Waals surface area contributed by atoms with E-state index in [1.54, 1.807) is 55.6 Å². The Hall–Kier alpha value is -3.19. The molecule has 0 spiro atoms. The van der Waals surface area contributed by atoms with Gasteiger partial charge < -0.3 is 10.0 Å². The van der Waals surface area contributed by atoms with Gasteiger partial charge in [0.15, 0.2) is 6.10 Å². The predicted molar refractivity (Wildman–Crippen MR) is 108 cm³/mol. The lowest BCUT2D eigenvalue weighted by molar-refractivity contribution is -0.137. The molecule has 0 aliphatic rings. The first kappa shape index (κ1) is 21.5. The molecule has 7 heteroatoms. The number of aromatic nitrogens is 1. The molecule has 4 nitrogen and oxygen atoms in total. The van der Waals surface area contributed by atoms with E-state index in [1.165, 1.54) is 17.0 Å². The second kappa shape index (κ2) is 9.09. The molecular weight excluding hydrogens is 393 g/mol. The Morgan fingerprint density at radius 1 is 1.07 bits per heavy atom. The number of rotatable bonds is 6. The number of hydrogen-bond donors (Lipinski definition) is 1. The van der Waals surface area contributed by atoms with Crippen molar-refractivity contribution in [3.63, 3.8) is 0 Å². The summed E-state index contributed by atoms with van der Waals surface area (Å²) in [6, 6.07) is 16.8. The van der Waals surface area contributed by atoms with E-state index in [0.717, 1.165) is 12.1 Å². The molecule has 0 fully saturated rings. The Kier molecular flexibility index (Phi) is 6.52. The fourth-order valence-corrected chi connectivity index (χ4v) is 3.09. The first-order valence-electron chi connectivity index (χ1n) is 9.39. The zero-order valence-corrected chi connectivity index (χ0v) is 16.3. The van der Waals surface area contributed by atoms with Gasteiger partial charge in [-0.3, -0.25) is 9.78 Å². The standard InChI is InChI=1S/C23H21F3N2O2/c1-16-15-20(11-13-27-16)28(22(30)21(29)18-5-3-2-4-6-18)14-12-17-7-9-19(10-8-17)23(24,25)26/h2-11,13,15,21,29H,12,14H2,1H3/t21-/m1/s1. The summed E-state index contributed by atoms with van der Waals surface area (Å²) in [5, 5.41) is 10.6. The van der Waals surface area contributed by atoms with Crippen LogP contribution in [0.4, 0.5) is 18.9 Å². The van der Waals surface area contributed by atoms with Crippen molar-refractivity contribution >= 4 is 11.6 Å². The normalized spacial score (nSPS) is 12.4. The summed E-state index contributed by atoms with van der Waals surface area (Å²) in [5.41, 5.74) is 1.67. The quantitative estimate of drug-likeness (QED) is 0.635. The third-order valence-corrected chi connectivity index (χ3v) is 4.71. The van der Waals surface area contributed by atoms with Crippen molar-refractivity contribution in [3.05, 3.63) is 95.3 Å². The van der Waals surface area contributed by atoms with E-state index in [-0.39, 0.29) is 6.54 Å². The van der Waals surface area contributed by atoms with Gasteiger partial charge in [0.1, 0.15) is 0 Å². The molecular formula is C23H21F3N2O2. The molecule has 1 atom stereocenters. The molecule has 3 aromatic rings. The Morgan fingerprint density at radius 3 is 2.33 bits per heavy atom. The van der Waals surface area contributed by atoms with Crippen LogP contribution in [0.25, 0.3) is 0 Å². The number of aliphatic hydroxyl groups is 1. The summed E-state index contributed by atoms with van der Waals surface area (Å²) >= 11 is 0. The number of pyridine rings is 1. The summed E-state index contributed by atoms with van der Waals surface area (Å²) in [7, 11) is 0. The number of carbonyl (C=O) groups is 1. The molecule has 0 saturated carbocycles. The first-order chi connectivity index (χ1) is 14.3. The molecule has 0 unspecified atom stereocenters. The fourth-order valence-electron chi connectivity index (χ4n) is 3.09. The lowest BCUT2D eigenvalue weighted by Gasteiger charge is -2.26. The lowest BCUT2D eigenvalue weighted by atomic mass is 10.1. The van der Waals surface area contributed by atoms with Gasteiger partial charge in [0.2, 0.25) is 0 Å². The van der Waals surface area contributed by atoms with Gasteiger partial charge in [-0.15, -0.1) is 0 Å². The highest BCUT2D eigenvalue weighted by molar-refractivity contribution is 5.97. The number of benzene rings is 2. The molecule has 1 amide bonds. The number of amides is 1. The van der Waals surface area contributed by atoms with Crippen LogP contribution < -0.4 is 4.90 Å². The summed E-state index contributed by atoms with van der Waals surface area (Å²) < 4.78 is 38.3. The van der Waals surface area contributed by atoms with Crippen molar-refractivity contribution in [3.8, 4) is 0 Å². The Bertz CT molecular complexity index is 989. The lowest BCUT2D eigenvalue weighted by Crippen LogP contribution is -2.37. The molecule has 1 N–H and O–H groups in total. The Labute approximate surface area is 172 Å². The average molecular weight is 414 g/mol. The number of halogens is 3. The summed E-state index contributed by atoms with van der Waals surface area (Å²) in [5.74, 6) is -0.515. The minimum absolute atomic E-state index is 0.192. The van der Waals surface area contributed by atoms with Crippen LogP contribution in [0.2, 0.25) is 0 Å². The molecule has 0 bridgehead atoms. The number of aryl methyl sites for hydroxylation is 1. The maximum Gasteiger partial charge on any atom is 0.416 e. The maximum atomic E-state index is 13.1. The van der Waals surface area contributed by atoms with E-state index in [0.29, 0.717) is 28.9 Å². The van der Waals surface area contributed by atoms with Gasteiger partial charge in [-0.2, -0.15) is 13.2 Å². The summed E-state index contributed by atoms with van der Waals surface area (Å²) in [4.78, 5) is 18.6. The molecule has 1 aromatic heterocycles. The van der Waals surface area contributed by atoms with Crippen molar-refractivity contribution in [2.75, 3.05) is 11.4 Å². The summed E-state index contributed by atoms with van der Waals surface area (Å²) in [6.07, 6.45) is -3.85. The van der Waals surface area contributed by atoms with Crippen molar-refractivity contribution in [2.45, 2.75) is 25.6 Å². The number of hydrogen-bond acceptors (Lipinski definition) is 3. The van der Waals surface area contributed by atoms with Crippen LogP contribution in [-0.2, 0) is 17.4 Å². The van der Waals surface area contributed by atoms with E-state index in [9.17, 15) is 23.1 Å². The van der Waals surface area contributed by atoms with Crippen LogP contribution in [0.5, 0.6) is 0 Å². The molecule has 0 saturated heterocycles.